The van der Waals surface area contributed by atoms with E-state index in [1.807, 2.05) is 31.2 Å². The standard InChI is InChI=1S/C21H26N2O5S3/c1-3-16-4-6-17(7-5-16)15(2)22-19(24)14-28-21(25)20-18(8-11-30-20)31(26,27)23-9-12-29-13-10-23/h4-8,11,15H,3,9-10,12-14H2,1-2H3,(H,22,24). The van der Waals surface area contributed by atoms with Gasteiger partial charge < -0.3 is 10.1 Å². The van der Waals surface area contributed by atoms with Gasteiger partial charge in [-0.1, -0.05) is 31.2 Å². The van der Waals surface area contributed by atoms with Gasteiger partial charge in [-0.15, -0.1) is 11.3 Å². The zero-order valence-electron chi connectivity index (χ0n) is 17.5. The number of thiophene rings is 1. The second-order valence-corrected chi connectivity index (χ2v) is 11.1. The summed E-state index contributed by atoms with van der Waals surface area (Å²) in [4.78, 5) is 24.7. The highest BCUT2D eigenvalue weighted by atomic mass is 32.2. The number of benzene rings is 1. The summed E-state index contributed by atoms with van der Waals surface area (Å²) in [5.74, 6) is 0.190. The number of carbonyl (C=O) groups excluding carboxylic acids is 2. The summed E-state index contributed by atoms with van der Waals surface area (Å²) < 4.78 is 32.3. The molecule has 1 unspecified atom stereocenters. The summed E-state index contributed by atoms with van der Waals surface area (Å²) in [6.07, 6.45) is 0.939. The van der Waals surface area contributed by atoms with Gasteiger partial charge in [0.05, 0.1) is 6.04 Å². The van der Waals surface area contributed by atoms with E-state index in [1.165, 1.54) is 15.9 Å². The Kier molecular flexibility index (Phi) is 8.15. The molecule has 2 aromatic rings. The molecule has 0 aliphatic carbocycles. The molecule has 1 fully saturated rings. The minimum absolute atomic E-state index is 0.00534. The Morgan fingerprint density at radius 3 is 2.48 bits per heavy atom. The summed E-state index contributed by atoms with van der Waals surface area (Å²) in [5.41, 5.74) is 2.16. The molecule has 1 amide bonds. The van der Waals surface area contributed by atoms with E-state index in [0.29, 0.717) is 13.1 Å². The molecule has 10 heteroatoms. The quantitative estimate of drug-likeness (QED) is 0.582. The first-order chi connectivity index (χ1) is 14.8. The van der Waals surface area contributed by atoms with Crippen molar-refractivity contribution in [2.75, 3.05) is 31.2 Å². The molecule has 1 aromatic carbocycles. The molecule has 168 valence electrons. The highest BCUT2D eigenvalue weighted by Gasteiger charge is 2.31. The molecule has 0 radical (unpaired) electrons. The molecular formula is C21H26N2O5S3. The Hall–Kier alpha value is -1.88. The molecule has 1 aromatic heterocycles. The minimum Gasteiger partial charge on any atom is -0.451 e. The Morgan fingerprint density at radius 1 is 1.16 bits per heavy atom. The molecule has 31 heavy (non-hydrogen) atoms. The van der Waals surface area contributed by atoms with E-state index in [2.05, 4.69) is 12.2 Å². The molecule has 7 nitrogen and oxygen atoms in total. The first kappa shape index (κ1) is 23.8. The van der Waals surface area contributed by atoms with E-state index in [1.54, 1.807) is 17.1 Å². The highest BCUT2D eigenvalue weighted by Crippen LogP contribution is 2.27. The number of hydrogen-bond acceptors (Lipinski definition) is 7. The van der Waals surface area contributed by atoms with Crippen molar-refractivity contribution in [2.45, 2.75) is 31.2 Å². The van der Waals surface area contributed by atoms with Crippen LogP contribution < -0.4 is 5.32 Å². The lowest BCUT2D eigenvalue weighted by Gasteiger charge is -2.25. The van der Waals surface area contributed by atoms with Crippen LogP contribution in [0.2, 0.25) is 0 Å². The number of ether oxygens (including phenoxy) is 1. The third kappa shape index (κ3) is 5.88. The molecule has 0 bridgehead atoms. The number of thioether (sulfide) groups is 1. The Balaban J connectivity index is 1.58. The molecule has 1 saturated heterocycles. The largest absolute Gasteiger partial charge is 0.451 e. The Labute approximate surface area is 191 Å². The van der Waals surface area contributed by atoms with E-state index in [9.17, 15) is 18.0 Å². The Morgan fingerprint density at radius 2 is 1.84 bits per heavy atom. The average Bonchev–Trinajstić information content (AvgIpc) is 3.29. The predicted molar refractivity (Wildman–Crippen MR) is 123 cm³/mol. The van der Waals surface area contributed by atoms with Crippen LogP contribution >= 0.6 is 23.1 Å². The smallest absolute Gasteiger partial charge is 0.350 e. The number of nitrogens with one attached hydrogen (secondary N) is 1. The van der Waals surface area contributed by atoms with Gasteiger partial charge in [0.25, 0.3) is 5.91 Å². The van der Waals surface area contributed by atoms with Crippen LogP contribution in [0.1, 0.15) is 40.7 Å². The molecule has 2 heterocycles. The fraction of sp³-hybridized carbons (Fsp3) is 0.429. The van der Waals surface area contributed by atoms with Crippen LogP contribution in [-0.4, -0.2) is 55.8 Å². The van der Waals surface area contributed by atoms with Crippen LogP contribution in [0.25, 0.3) is 0 Å². The van der Waals surface area contributed by atoms with E-state index in [-0.39, 0.29) is 15.8 Å². The van der Waals surface area contributed by atoms with Crippen molar-refractivity contribution >= 4 is 45.0 Å². The molecule has 1 aliphatic rings. The van der Waals surface area contributed by atoms with Crippen LogP contribution in [0.5, 0.6) is 0 Å². The maximum atomic E-state index is 12.9. The van der Waals surface area contributed by atoms with E-state index in [4.69, 9.17) is 4.74 Å². The summed E-state index contributed by atoms with van der Waals surface area (Å²) in [5, 5.41) is 4.34. The van der Waals surface area contributed by atoms with Gasteiger partial charge in [-0.2, -0.15) is 16.1 Å². The highest BCUT2D eigenvalue weighted by molar-refractivity contribution is 7.99. The summed E-state index contributed by atoms with van der Waals surface area (Å²) in [6.45, 7) is 4.27. The number of sulfonamides is 1. The lowest BCUT2D eigenvalue weighted by molar-refractivity contribution is -0.124. The maximum absolute atomic E-state index is 12.9. The van der Waals surface area contributed by atoms with Crippen LogP contribution in [0, 0.1) is 0 Å². The van der Waals surface area contributed by atoms with Crippen molar-refractivity contribution in [1.29, 1.82) is 0 Å². The van der Waals surface area contributed by atoms with Crippen molar-refractivity contribution in [3.8, 4) is 0 Å². The number of esters is 1. The summed E-state index contributed by atoms with van der Waals surface area (Å²) >= 11 is 2.70. The first-order valence-electron chi connectivity index (χ1n) is 10.0. The van der Waals surface area contributed by atoms with E-state index >= 15 is 0 Å². The molecule has 1 N–H and O–H groups in total. The molecule has 1 aliphatic heterocycles. The van der Waals surface area contributed by atoms with Crippen molar-refractivity contribution in [1.82, 2.24) is 9.62 Å². The Bertz CT molecular complexity index is 1010. The number of nitrogens with zero attached hydrogens (tertiary/aromatic N) is 1. The molecule has 3 rings (SSSR count). The second-order valence-electron chi connectivity index (χ2n) is 7.09. The van der Waals surface area contributed by atoms with E-state index < -0.39 is 28.5 Å². The summed E-state index contributed by atoms with van der Waals surface area (Å²) in [7, 11) is -3.76. The molecule has 1 atom stereocenters. The lowest BCUT2D eigenvalue weighted by atomic mass is 10.1. The zero-order valence-corrected chi connectivity index (χ0v) is 19.9. The number of hydrogen-bond donors (Lipinski definition) is 1. The fourth-order valence-corrected chi connectivity index (χ4v) is 7.04. The van der Waals surface area contributed by atoms with Gasteiger partial charge >= 0.3 is 5.97 Å². The van der Waals surface area contributed by atoms with Gasteiger partial charge in [-0.25, -0.2) is 13.2 Å². The third-order valence-electron chi connectivity index (χ3n) is 5.00. The SMILES string of the molecule is CCc1ccc(C(C)NC(=O)COC(=O)c2sccc2S(=O)(=O)N2CCSCC2)cc1. The lowest BCUT2D eigenvalue weighted by Crippen LogP contribution is -2.38. The molecule has 0 spiro atoms. The molecular weight excluding hydrogens is 456 g/mol. The van der Waals surface area contributed by atoms with Gasteiger partial charge in [-0.05, 0) is 35.9 Å². The molecule has 0 saturated carbocycles. The van der Waals surface area contributed by atoms with Crippen molar-refractivity contribution < 1.29 is 22.7 Å². The number of amides is 1. The number of carbonyl (C=O) groups is 2. The van der Waals surface area contributed by atoms with Crippen LogP contribution in [0.15, 0.2) is 40.6 Å². The fourth-order valence-electron chi connectivity index (χ4n) is 3.18. The first-order valence-corrected chi connectivity index (χ1v) is 13.5. The van der Waals surface area contributed by atoms with Crippen molar-refractivity contribution in [3.63, 3.8) is 0 Å². The maximum Gasteiger partial charge on any atom is 0.350 e. The minimum atomic E-state index is -3.76. The van der Waals surface area contributed by atoms with Crippen LogP contribution in [0.4, 0.5) is 0 Å². The van der Waals surface area contributed by atoms with Gasteiger partial charge in [-0.3, -0.25) is 4.79 Å². The zero-order chi connectivity index (χ0) is 22.4. The normalized spacial score (nSPS) is 15.9. The monoisotopic (exact) mass is 482 g/mol. The van der Waals surface area contributed by atoms with Gasteiger partial charge in [0, 0.05) is 24.6 Å². The van der Waals surface area contributed by atoms with Crippen LogP contribution in [0.3, 0.4) is 0 Å². The predicted octanol–water partition coefficient (Wildman–Crippen LogP) is 3.08. The second kappa shape index (κ2) is 10.6. The van der Waals surface area contributed by atoms with Crippen LogP contribution in [-0.2, 0) is 26.0 Å². The van der Waals surface area contributed by atoms with Crippen molar-refractivity contribution in [3.05, 3.63) is 51.7 Å². The van der Waals surface area contributed by atoms with E-state index in [0.717, 1.165) is 34.8 Å². The van der Waals surface area contributed by atoms with Crippen molar-refractivity contribution in [2.24, 2.45) is 0 Å². The number of aryl methyl sites for hydroxylation is 1. The topological polar surface area (TPSA) is 92.8 Å². The third-order valence-corrected chi connectivity index (χ3v) is 8.91. The van der Waals surface area contributed by atoms with Gasteiger partial charge in [0.1, 0.15) is 9.77 Å². The summed E-state index contributed by atoms with van der Waals surface area (Å²) in [6, 6.07) is 9.11. The van der Waals surface area contributed by atoms with Gasteiger partial charge in [0.15, 0.2) is 6.61 Å². The average molecular weight is 483 g/mol. The van der Waals surface area contributed by atoms with Gasteiger partial charge in [0.2, 0.25) is 10.0 Å². The number of rotatable bonds is 8.